The first-order valence-corrected chi connectivity index (χ1v) is 8.78. The second kappa shape index (κ2) is 6.77. The Bertz CT molecular complexity index is 1060. The van der Waals surface area contributed by atoms with Crippen LogP contribution in [0.2, 0.25) is 5.02 Å². The first-order valence-electron chi connectivity index (χ1n) is 8.40. The highest BCUT2D eigenvalue weighted by Crippen LogP contribution is 2.27. The Morgan fingerprint density at radius 1 is 1.08 bits per heavy atom. The summed E-state index contributed by atoms with van der Waals surface area (Å²) < 4.78 is 1.80. The maximum atomic E-state index is 6.17. The van der Waals surface area contributed by atoms with Crippen LogP contribution < -0.4 is 5.32 Å². The molecular formula is C20H18ClN5. The van der Waals surface area contributed by atoms with Gasteiger partial charge in [-0.05, 0) is 37.1 Å². The van der Waals surface area contributed by atoms with E-state index in [0.29, 0.717) is 5.02 Å². The molecule has 0 amide bonds. The lowest BCUT2D eigenvalue weighted by molar-refractivity contribution is 0.873. The predicted octanol–water partition coefficient (Wildman–Crippen LogP) is 4.95. The van der Waals surface area contributed by atoms with Crippen molar-refractivity contribution in [1.29, 1.82) is 0 Å². The van der Waals surface area contributed by atoms with E-state index in [-0.39, 0.29) is 6.04 Å². The lowest BCUT2D eigenvalue weighted by atomic mass is 10.1. The van der Waals surface area contributed by atoms with Gasteiger partial charge in [0.15, 0.2) is 5.65 Å². The van der Waals surface area contributed by atoms with Crippen LogP contribution in [-0.4, -0.2) is 19.7 Å². The van der Waals surface area contributed by atoms with Crippen LogP contribution >= 0.6 is 11.6 Å². The number of nitrogens with one attached hydrogen (secondary N) is 1. The Morgan fingerprint density at radius 3 is 2.69 bits per heavy atom. The molecule has 1 atom stereocenters. The summed E-state index contributed by atoms with van der Waals surface area (Å²) in [5.74, 6) is 0.761. The highest BCUT2D eigenvalue weighted by atomic mass is 35.5. The number of anilines is 1. The minimum Gasteiger partial charge on any atom is -0.363 e. The summed E-state index contributed by atoms with van der Waals surface area (Å²) in [5.41, 5.74) is 3.92. The van der Waals surface area contributed by atoms with Crippen molar-refractivity contribution >= 4 is 28.5 Å². The molecular weight excluding hydrogens is 346 g/mol. The number of aromatic nitrogens is 4. The van der Waals surface area contributed by atoms with Crippen LogP contribution in [0.5, 0.6) is 0 Å². The van der Waals surface area contributed by atoms with Crippen LogP contribution in [0, 0.1) is 6.92 Å². The molecule has 0 saturated heterocycles. The summed E-state index contributed by atoms with van der Waals surface area (Å²) in [7, 11) is 0. The van der Waals surface area contributed by atoms with E-state index in [1.54, 1.807) is 17.2 Å². The van der Waals surface area contributed by atoms with Crippen LogP contribution in [0.4, 0.5) is 5.82 Å². The molecule has 2 heterocycles. The Balaban J connectivity index is 1.75. The van der Waals surface area contributed by atoms with Gasteiger partial charge in [0.05, 0.1) is 17.3 Å². The number of aryl methyl sites for hydroxylation is 1. The Kier molecular flexibility index (Phi) is 4.31. The highest BCUT2D eigenvalue weighted by molar-refractivity contribution is 6.30. The highest BCUT2D eigenvalue weighted by Gasteiger charge is 2.14. The molecule has 5 nitrogen and oxygen atoms in total. The maximum absolute atomic E-state index is 6.17. The first-order chi connectivity index (χ1) is 12.6. The molecule has 2 aromatic carbocycles. The molecule has 0 bridgehead atoms. The lowest BCUT2D eigenvalue weighted by Crippen LogP contribution is -2.08. The van der Waals surface area contributed by atoms with E-state index in [1.165, 1.54) is 5.56 Å². The van der Waals surface area contributed by atoms with E-state index in [2.05, 4.69) is 39.4 Å². The third kappa shape index (κ3) is 3.02. The van der Waals surface area contributed by atoms with Crippen LogP contribution in [0.25, 0.3) is 16.7 Å². The number of hydrogen-bond donors (Lipinski definition) is 1. The van der Waals surface area contributed by atoms with Gasteiger partial charge in [0, 0.05) is 11.1 Å². The number of benzene rings is 2. The number of rotatable bonds is 4. The Morgan fingerprint density at radius 2 is 1.88 bits per heavy atom. The molecule has 0 aliphatic heterocycles. The van der Waals surface area contributed by atoms with Gasteiger partial charge in [-0.3, -0.25) is 0 Å². The predicted molar refractivity (Wildman–Crippen MR) is 105 cm³/mol. The maximum Gasteiger partial charge on any atom is 0.168 e. The van der Waals surface area contributed by atoms with Crippen molar-refractivity contribution in [2.75, 3.05) is 5.32 Å². The van der Waals surface area contributed by atoms with E-state index >= 15 is 0 Å². The second-order valence-corrected chi connectivity index (χ2v) is 6.66. The molecule has 130 valence electrons. The minimum absolute atomic E-state index is 0.116. The summed E-state index contributed by atoms with van der Waals surface area (Å²) in [4.78, 5) is 8.85. The van der Waals surface area contributed by atoms with E-state index in [1.807, 2.05) is 43.3 Å². The van der Waals surface area contributed by atoms with E-state index in [4.69, 9.17) is 11.6 Å². The summed E-state index contributed by atoms with van der Waals surface area (Å²) in [5, 5.41) is 9.52. The third-order valence-corrected chi connectivity index (χ3v) is 4.65. The number of fused-ring (bicyclic) bond motifs is 1. The molecule has 0 aliphatic carbocycles. The fraction of sp³-hybridized carbons (Fsp3) is 0.150. The van der Waals surface area contributed by atoms with Crippen molar-refractivity contribution in [3.63, 3.8) is 0 Å². The SMILES string of the molecule is Cc1ccc(Cl)cc1-n1ncc2c(N[C@@H](C)c3ccccc3)ncnc21. The molecule has 0 fully saturated rings. The van der Waals surface area contributed by atoms with E-state index < -0.39 is 0 Å². The largest absolute Gasteiger partial charge is 0.363 e. The average molecular weight is 364 g/mol. The topological polar surface area (TPSA) is 55.6 Å². The first kappa shape index (κ1) is 16.5. The van der Waals surface area contributed by atoms with Crippen molar-refractivity contribution in [3.05, 3.63) is 77.2 Å². The standard InChI is InChI=1S/C20H18ClN5/c1-13-8-9-16(21)10-18(13)26-20-17(11-24-26)19(22-12-23-20)25-14(2)15-6-4-3-5-7-15/h3-12,14H,1-2H3,(H,22,23,25)/t14-/m0/s1. The van der Waals surface area contributed by atoms with Gasteiger partial charge in [0.25, 0.3) is 0 Å². The zero-order valence-electron chi connectivity index (χ0n) is 14.5. The molecule has 4 aromatic rings. The van der Waals surface area contributed by atoms with Gasteiger partial charge in [-0.15, -0.1) is 0 Å². The molecule has 0 radical (unpaired) electrons. The van der Waals surface area contributed by atoms with Gasteiger partial charge < -0.3 is 5.32 Å². The van der Waals surface area contributed by atoms with Crippen LogP contribution in [-0.2, 0) is 0 Å². The quantitative estimate of drug-likeness (QED) is 0.557. The molecule has 0 unspecified atom stereocenters. The van der Waals surface area contributed by atoms with Crippen molar-refractivity contribution < 1.29 is 0 Å². The van der Waals surface area contributed by atoms with Crippen molar-refractivity contribution in [2.24, 2.45) is 0 Å². The number of hydrogen-bond acceptors (Lipinski definition) is 4. The smallest absolute Gasteiger partial charge is 0.168 e. The molecule has 0 spiro atoms. The van der Waals surface area contributed by atoms with Gasteiger partial charge in [0.1, 0.15) is 12.1 Å². The fourth-order valence-electron chi connectivity index (χ4n) is 2.98. The minimum atomic E-state index is 0.116. The molecule has 1 N–H and O–H groups in total. The molecule has 0 aliphatic rings. The summed E-state index contributed by atoms with van der Waals surface area (Å²) in [6, 6.07) is 16.1. The zero-order chi connectivity index (χ0) is 18.1. The fourth-order valence-corrected chi connectivity index (χ4v) is 3.14. The number of halogens is 1. The van der Waals surface area contributed by atoms with E-state index in [9.17, 15) is 0 Å². The monoisotopic (exact) mass is 363 g/mol. The van der Waals surface area contributed by atoms with Crippen molar-refractivity contribution in [3.8, 4) is 5.69 Å². The van der Waals surface area contributed by atoms with Gasteiger partial charge in [0.2, 0.25) is 0 Å². The summed E-state index contributed by atoms with van der Waals surface area (Å²) >= 11 is 6.17. The average Bonchev–Trinajstić information content (AvgIpc) is 3.09. The molecule has 4 rings (SSSR count). The van der Waals surface area contributed by atoms with Crippen LogP contribution in [0.3, 0.4) is 0 Å². The third-order valence-electron chi connectivity index (χ3n) is 4.42. The molecule has 2 aromatic heterocycles. The number of nitrogens with zero attached hydrogens (tertiary/aromatic N) is 4. The van der Waals surface area contributed by atoms with Gasteiger partial charge in [-0.2, -0.15) is 5.10 Å². The van der Waals surface area contributed by atoms with Crippen molar-refractivity contribution in [1.82, 2.24) is 19.7 Å². The normalized spacial score (nSPS) is 12.3. The zero-order valence-corrected chi connectivity index (χ0v) is 15.3. The van der Waals surface area contributed by atoms with Crippen molar-refractivity contribution in [2.45, 2.75) is 19.9 Å². The van der Waals surface area contributed by atoms with Crippen LogP contribution in [0.1, 0.15) is 24.1 Å². The van der Waals surface area contributed by atoms with Gasteiger partial charge in [-0.1, -0.05) is 48.0 Å². The summed E-state index contributed by atoms with van der Waals surface area (Å²) in [6.45, 7) is 4.13. The van der Waals surface area contributed by atoms with E-state index in [0.717, 1.165) is 28.1 Å². The lowest BCUT2D eigenvalue weighted by Gasteiger charge is -2.15. The van der Waals surface area contributed by atoms with Crippen LogP contribution in [0.15, 0.2) is 61.1 Å². The second-order valence-electron chi connectivity index (χ2n) is 6.22. The van der Waals surface area contributed by atoms with Gasteiger partial charge >= 0.3 is 0 Å². The molecule has 6 heteroatoms. The molecule has 26 heavy (non-hydrogen) atoms. The summed E-state index contributed by atoms with van der Waals surface area (Å²) in [6.07, 6.45) is 3.34. The Labute approximate surface area is 156 Å². The Hall–Kier alpha value is -2.92. The van der Waals surface area contributed by atoms with Gasteiger partial charge in [-0.25, -0.2) is 14.6 Å². The molecule has 0 saturated carbocycles.